The van der Waals surface area contributed by atoms with Gasteiger partial charge in [0, 0.05) is 6.54 Å². The Morgan fingerprint density at radius 3 is 2.55 bits per heavy atom. The predicted octanol–water partition coefficient (Wildman–Crippen LogP) is 1.35. The number of halogens is 1. The van der Waals surface area contributed by atoms with Crippen molar-refractivity contribution >= 4 is 11.8 Å². The third-order valence-corrected chi connectivity index (χ3v) is 3.48. The number of carbonyl (C=O) groups excluding carboxylic acids is 2. The molecule has 1 unspecified atom stereocenters. The summed E-state index contributed by atoms with van der Waals surface area (Å²) >= 11 is 0. The Kier molecular flexibility index (Phi) is 4.37. The van der Waals surface area contributed by atoms with Crippen molar-refractivity contribution in [2.24, 2.45) is 5.92 Å². The Bertz CT molecular complexity index is 499. The number of nitrogens with zero attached hydrogens (tertiary/aromatic N) is 1. The van der Waals surface area contributed by atoms with Crippen LogP contribution in [0.4, 0.5) is 4.39 Å². The summed E-state index contributed by atoms with van der Waals surface area (Å²) in [6.45, 7) is 4.39. The van der Waals surface area contributed by atoms with E-state index in [4.69, 9.17) is 0 Å². The second-order valence-electron chi connectivity index (χ2n) is 5.43. The number of benzene rings is 1. The molecule has 1 N–H and O–H groups in total. The Morgan fingerprint density at radius 1 is 1.30 bits per heavy atom. The maximum atomic E-state index is 12.8. The highest BCUT2D eigenvalue weighted by atomic mass is 19.1. The molecule has 1 aliphatic heterocycles. The molecular weight excluding hydrogens is 259 g/mol. The van der Waals surface area contributed by atoms with E-state index in [1.165, 1.54) is 12.1 Å². The molecule has 2 amide bonds. The number of hydrogen-bond donors (Lipinski definition) is 1. The Hall–Kier alpha value is -1.91. The maximum absolute atomic E-state index is 12.8. The minimum absolute atomic E-state index is 0.0401. The first kappa shape index (κ1) is 14.5. The van der Waals surface area contributed by atoms with Gasteiger partial charge in [0.15, 0.2) is 0 Å². The van der Waals surface area contributed by atoms with Crippen LogP contribution in [-0.4, -0.2) is 35.8 Å². The molecule has 108 valence electrons. The van der Waals surface area contributed by atoms with Crippen molar-refractivity contribution in [2.75, 3.05) is 13.1 Å². The van der Waals surface area contributed by atoms with Gasteiger partial charge < -0.3 is 10.2 Å². The summed E-state index contributed by atoms with van der Waals surface area (Å²) in [5, 5.41) is 2.72. The standard InChI is InChI=1S/C15H19FN2O2/c1-10(2)14-15(20)18(9-13(19)17-14)8-7-11-3-5-12(16)6-4-11/h3-6,10,14H,7-9H2,1-2H3,(H,17,19). The van der Waals surface area contributed by atoms with E-state index >= 15 is 0 Å². The average Bonchev–Trinajstić information content (AvgIpc) is 2.41. The van der Waals surface area contributed by atoms with E-state index in [1.807, 2.05) is 13.8 Å². The number of amides is 2. The molecule has 0 aromatic heterocycles. The molecule has 20 heavy (non-hydrogen) atoms. The quantitative estimate of drug-likeness (QED) is 0.904. The van der Waals surface area contributed by atoms with Crippen LogP contribution in [0.5, 0.6) is 0 Å². The summed E-state index contributed by atoms with van der Waals surface area (Å²) < 4.78 is 12.8. The van der Waals surface area contributed by atoms with Gasteiger partial charge >= 0.3 is 0 Å². The Labute approximate surface area is 118 Å². The number of piperazine rings is 1. The molecule has 0 radical (unpaired) electrons. The summed E-state index contributed by atoms with van der Waals surface area (Å²) in [6.07, 6.45) is 0.615. The summed E-state index contributed by atoms with van der Waals surface area (Å²) in [5.74, 6) is -0.369. The fourth-order valence-corrected chi connectivity index (χ4v) is 2.28. The molecular formula is C15H19FN2O2. The summed E-state index contributed by atoms with van der Waals surface area (Å²) in [7, 11) is 0. The first-order valence-electron chi connectivity index (χ1n) is 6.80. The van der Waals surface area contributed by atoms with Crippen molar-refractivity contribution < 1.29 is 14.0 Å². The van der Waals surface area contributed by atoms with Gasteiger partial charge in [-0.25, -0.2) is 4.39 Å². The first-order chi connectivity index (χ1) is 9.47. The zero-order valence-corrected chi connectivity index (χ0v) is 11.7. The second kappa shape index (κ2) is 6.03. The molecule has 5 heteroatoms. The van der Waals surface area contributed by atoms with Crippen molar-refractivity contribution in [3.63, 3.8) is 0 Å². The van der Waals surface area contributed by atoms with Gasteiger partial charge in [0.05, 0.1) is 6.54 Å². The van der Waals surface area contributed by atoms with Crippen LogP contribution in [0.1, 0.15) is 19.4 Å². The van der Waals surface area contributed by atoms with Crippen molar-refractivity contribution in [3.8, 4) is 0 Å². The number of carbonyl (C=O) groups is 2. The third kappa shape index (κ3) is 3.35. The topological polar surface area (TPSA) is 49.4 Å². The zero-order chi connectivity index (χ0) is 14.7. The van der Waals surface area contributed by atoms with Crippen molar-refractivity contribution in [2.45, 2.75) is 26.3 Å². The number of hydrogen-bond acceptors (Lipinski definition) is 2. The van der Waals surface area contributed by atoms with Crippen LogP contribution in [0.3, 0.4) is 0 Å². The highest BCUT2D eigenvalue weighted by molar-refractivity contribution is 5.94. The van der Waals surface area contributed by atoms with Gasteiger partial charge in [0.25, 0.3) is 0 Å². The summed E-state index contributed by atoms with van der Waals surface area (Å²) in [4.78, 5) is 25.5. The van der Waals surface area contributed by atoms with Crippen LogP contribution >= 0.6 is 0 Å². The van der Waals surface area contributed by atoms with Crippen LogP contribution in [0.15, 0.2) is 24.3 Å². The maximum Gasteiger partial charge on any atom is 0.245 e. The Balaban J connectivity index is 1.99. The third-order valence-electron chi connectivity index (χ3n) is 3.48. The number of rotatable bonds is 4. The van der Waals surface area contributed by atoms with Gasteiger partial charge in [-0.2, -0.15) is 0 Å². The highest BCUT2D eigenvalue weighted by Crippen LogP contribution is 2.12. The van der Waals surface area contributed by atoms with Crippen molar-refractivity contribution in [1.82, 2.24) is 10.2 Å². The SMILES string of the molecule is CC(C)C1NC(=O)CN(CCc2ccc(F)cc2)C1=O. The molecule has 0 bridgehead atoms. The lowest BCUT2D eigenvalue weighted by molar-refractivity contribution is -0.145. The van der Waals surface area contributed by atoms with Crippen LogP contribution in [0.25, 0.3) is 0 Å². The van der Waals surface area contributed by atoms with E-state index in [1.54, 1.807) is 17.0 Å². The smallest absolute Gasteiger partial charge is 0.245 e. The molecule has 2 rings (SSSR count). The molecule has 1 aromatic rings. The van der Waals surface area contributed by atoms with Crippen LogP contribution in [0.2, 0.25) is 0 Å². The molecule has 0 aliphatic carbocycles. The predicted molar refractivity (Wildman–Crippen MR) is 73.5 cm³/mol. The molecule has 1 saturated heterocycles. The molecule has 1 aliphatic rings. The minimum atomic E-state index is -0.440. The molecule has 1 fully saturated rings. The van der Waals surface area contributed by atoms with Crippen molar-refractivity contribution in [1.29, 1.82) is 0 Å². The van der Waals surface area contributed by atoms with Gasteiger partial charge in [-0.15, -0.1) is 0 Å². The van der Waals surface area contributed by atoms with Gasteiger partial charge in [-0.3, -0.25) is 9.59 Å². The van der Waals surface area contributed by atoms with Gasteiger partial charge in [-0.1, -0.05) is 26.0 Å². The van der Waals surface area contributed by atoms with E-state index in [9.17, 15) is 14.0 Å². The van der Waals surface area contributed by atoms with Crippen LogP contribution in [-0.2, 0) is 16.0 Å². The van der Waals surface area contributed by atoms with E-state index in [2.05, 4.69) is 5.32 Å². The molecule has 0 spiro atoms. The number of nitrogens with one attached hydrogen (secondary N) is 1. The average molecular weight is 278 g/mol. The van der Waals surface area contributed by atoms with Gasteiger partial charge in [0.1, 0.15) is 11.9 Å². The van der Waals surface area contributed by atoms with E-state index in [0.29, 0.717) is 13.0 Å². The largest absolute Gasteiger partial charge is 0.343 e. The van der Waals surface area contributed by atoms with E-state index < -0.39 is 6.04 Å². The lowest BCUT2D eigenvalue weighted by Crippen LogP contribution is -2.60. The zero-order valence-electron chi connectivity index (χ0n) is 11.7. The fraction of sp³-hybridized carbons (Fsp3) is 0.467. The van der Waals surface area contributed by atoms with Crippen LogP contribution in [0, 0.1) is 11.7 Å². The van der Waals surface area contributed by atoms with Crippen molar-refractivity contribution in [3.05, 3.63) is 35.6 Å². The van der Waals surface area contributed by atoms with Gasteiger partial charge in [-0.05, 0) is 30.0 Å². The molecule has 1 aromatic carbocycles. The molecule has 1 atom stereocenters. The van der Waals surface area contributed by atoms with E-state index in [-0.39, 0.29) is 30.1 Å². The van der Waals surface area contributed by atoms with E-state index in [0.717, 1.165) is 5.56 Å². The lowest BCUT2D eigenvalue weighted by Gasteiger charge is -2.34. The molecule has 0 saturated carbocycles. The second-order valence-corrected chi connectivity index (χ2v) is 5.43. The summed E-state index contributed by atoms with van der Waals surface area (Å²) in [6, 6.07) is 5.76. The molecule has 4 nitrogen and oxygen atoms in total. The van der Waals surface area contributed by atoms with Gasteiger partial charge in [0.2, 0.25) is 11.8 Å². The lowest BCUT2D eigenvalue weighted by atomic mass is 10.0. The van der Waals surface area contributed by atoms with Crippen LogP contribution < -0.4 is 5.32 Å². The molecule has 1 heterocycles. The minimum Gasteiger partial charge on any atom is -0.343 e. The first-order valence-corrected chi connectivity index (χ1v) is 6.80. The monoisotopic (exact) mass is 278 g/mol. The normalized spacial score (nSPS) is 19.4. The summed E-state index contributed by atoms with van der Waals surface area (Å²) in [5.41, 5.74) is 0.950. The Morgan fingerprint density at radius 2 is 1.95 bits per heavy atom. The highest BCUT2D eigenvalue weighted by Gasteiger charge is 2.33. The fourth-order valence-electron chi connectivity index (χ4n) is 2.28.